The average molecular weight is 1010 g/mol. The van der Waals surface area contributed by atoms with Crippen LogP contribution < -0.4 is 32.3 Å². The Hall–Kier alpha value is -7.96. The van der Waals surface area contributed by atoms with E-state index in [1.54, 1.807) is 0 Å². The summed E-state index contributed by atoms with van der Waals surface area (Å²) in [7, 11) is -19.6. The molecule has 28 heteroatoms. The summed E-state index contributed by atoms with van der Waals surface area (Å²) in [6.07, 6.45) is 8.12. The van der Waals surface area contributed by atoms with Crippen LogP contribution >= 0.6 is 0 Å². The molecule has 0 atom stereocenters. The lowest BCUT2D eigenvalue weighted by Gasteiger charge is -2.23. The van der Waals surface area contributed by atoms with Gasteiger partial charge < -0.3 is 10.6 Å². The van der Waals surface area contributed by atoms with Gasteiger partial charge in [-0.05, 0) is 96.1 Å². The summed E-state index contributed by atoms with van der Waals surface area (Å²) in [5.74, 6) is -3.45. The highest BCUT2D eigenvalue weighted by Crippen LogP contribution is 2.33. The lowest BCUT2D eigenvalue weighted by Crippen LogP contribution is -2.31. The van der Waals surface area contributed by atoms with Crippen LogP contribution in [0, 0.1) is 10.8 Å². The van der Waals surface area contributed by atoms with Crippen molar-refractivity contribution in [2.75, 3.05) is 21.5 Å². The summed E-state index contributed by atoms with van der Waals surface area (Å²) < 4.78 is 135. The molecule has 0 unspecified atom stereocenters. The molecular formula is C40H30N8O16S4. The topological polar surface area (TPSA) is 406 Å². The molecule has 0 saturated heterocycles. The molecule has 3 aromatic rings. The minimum absolute atomic E-state index is 0.00703. The zero-order valence-electron chi connectivity index (χ0n) is 33.7. The van der Waals surface area contributed by atoms with Gasteiger partial charge in [0.1, 0.15) is 9.79 Å². The summed E-state index contributed by atoms with van der Waals surface area (Å²) in [6.45, 7) is 0. The maximum Gasteiger partial charge on any atom is 0.296 e. The van der Waals surface area contributed by atoms with Crippen LogP contribution in [0.4, 0.5) is 22.7 Å². The van der Waals surface area contributed by atoms with Crippen LogP contribution in [0.5, 0.6) is 0 Å². The van der Waals surface area contributed by atoms with Gasteiger partial charge in [-0.25, -0.2) is 0 Å². The number of hydrogen-bond donors (Lipinski definition) is 12. The highest BCUT2D eigenvalue weighted by molar-refractivity contribution is 7.90. The number of nitrogens with one attached hydrogen (secondary N) is 8. The summed E-state index contributed by atoms with van der Waals surface area (Å²) in [5, 5.41) is 21.4. The van der Waals surface area contributed by atoms with Gasteiger partial charge in [-0.3, -0.25) is 69.9 Å². The van der Waals surface area contributed by atoms with Crippen molar-refractivity contribution in [3.05, 3.63) is 164 Å². The fraction of sp³-hybridized carbons (Fsp3) is 0. The molecule has 4 aliphatic carbocycles. The zero-order valence-corrected chi connectivity index (χ0v) is 37.0. The Morgan fingerprint density at radius 1 is 0.456 bits per heavy atom. The first kappa shape index (κ1) is 48.0. The second kappa shape index (κ2) is 17.7. The molecule has 0 bridgehead atoms. The molecule has 0 fully saturated rings. The fourth-order valence-electron chi connectivity index (χ4n) is 6.63. The number of ketones is 2. The van der Waals surface area contributed by atoms with E-state index < -0.39 is 83.5 Å². The third kappa shape index (κ3) is 10.2. The molecule has 7 rings (SSSR count). The van der Waals surface area contributed by atoms with E-state index in [1.165, 1.54) is 60.7 Å². The van der Waals surface area contributed by atoms with Gasteiger partial charge in [0.05, 0.1) is 55.1 Å². The second-order valence-corrected chi connectivity index (χ2v) is 19.9. The number of benzene rings is 3. The fourth-order valence-corrected chi connectivity index (χ4v) is 9.04. The van der Waals surface area contributed by atoms with Gasteiger partial charge in [0.2, 0.25) is 0 Å². The van der Waals surface area contributed by atoms with Crippen LogP contribution in [0.15, 0.2) is 163 Å². The Morgan fingerprint density at radius 2 is 0.809 bits per heavy atom. The highest BCUT2D eigenvalue weighted by Gasteiger charge is 2.31. The van der Waals surface area contributed by atoms with Crippen molar-refractivity contribution in [1.29, 1.82) is 10.8 Å². The predicted octanol–water partition coefficient (Wildman–Crippen LogP) is 2.77. The van der Waals surface area contributed by atoms with Crippen LogP contribution in [-0.2, 0) is 50.1 Å². The second-order valence-electron chi connectivity index (χ2n) is 14.3. The van der Waals surface area contributed by atoms with Crippen molar-refractivity contribution in [3.63, 3.8) is 0 Å². The predicted molar refractivity (Wildman–Crippen MR) is 242 cm³/mol. The first-order chi connectivity index (χ1) is 31.7. The smallest absolute Gasteiger partial charge is 0.296 e. The Balaban J connectivity index is 1.02. The van der Waals surface area contributed by atoms with Crippen molar-refractivity contribution in [3.8, 4) is 0 Å². The molecular weight excluding hydrogens is 977 g/mol. The third-order valence-corrected chi connectivity index (χ3v) is 13.2. The molecule has 68 heavy (non-hydrogen) atoms. The molecule has 24 nitrogen and oxygen atoms in total. The largest absolute Gasteiger partial charge is 0.322 e. The van der Waals surface area contributed by atoms with Crippen LogP contribution in [0.25, 0.3) is 0 Å². The number of rotatable bonds is 14. The Labute approximate surface area is 384 Å². The molecule has 0 heterocycles. The lowest BCUT2D eigenvalue weighted by molar-refractivity contribution is -0.112. The SMILES string of the molecule is N=C1C=CC2=CC(S(=O)(=O)O)=CC(=O)C2=C1NNc1ccc(NC(=O)c2ccc(C(=O)Nc3ccc(NNC4=C5C(=O)C=C(S(=O)(=O)O)C=C5C=CC4=N)c(S(=O)(=O)O)c3)cc2)cc1S(=O)(=O)O. The average Bonchev–Trinajstić information content (AvgIpc) is 3.25. The molecule has 0 radical (unpaired) electrons. The normalized spacial score (nSPS) is 16.2. The molecule has 3 aromatic carbocycles. The Morgan fingerprint density at radius 3 is 1.13 bits per heavy atom. The maximum absolute atomic E-state index is 13.2. The van der Waals surface area contributed by atoms with Gasteiger partial charge in [-0.2, -0.15) is 33.7 Å². The van der Waals surface area contributed by atoms with Crippen molar-refractivity contribution in [2.45, 2.75) is 9.79 Å². The quantitative estimate of drug-likeness (QED) is 0.0816. The van der Waals surface area contributed by atoms with Crippen LogP contribution in [0.2, 0.25) is 0 Å². The zero-order chi connectivity index (χ0) is 49.7. The van der Waals surface area contributed by atoms with E-state index >= 15 is 0 Å². The number of allylic oxidation sites excluding steroid dienone is 12. The minimum atomic E-state index is -5.02. The number of hydrogen-bond acceptors (Lipinski definition) is 18. The molecule has 0 aromatic heterocycles. The van der Waals surface area contributed by atoms with Crippen LogP contribution in [0.3, 0.4) is 0 Å². The first-order valence-electron chi connectivity index (χ1n) is 18.6. The monoisotopic (exact) mass is 1010 g/mol. The number of carbonyl (C=O) groups is 4. The summed E-state index contributed by atoms with van der Waals surface area (Å²) in [5.41, 5.74) is 7.53. The third-order valence-electron chi connectivity index (χ3n) is 9.79. The van der Waals surface area contributed by atoms with E-state index in [4.69, 9.17) is 10.8 Å². The minimum Gasteiger partial charge on any atom is -0.322 e. The van der Waals surface area contributed by atoms with E-state index in [-0.39, 0.29) is 79.0 Å². The molecule has 12 N–H and O–H groups in total. The van der Waals surface area contributed by atoms with E-state index in [2.05, 4.69) is 32.3 Å². The van der Waals surface area contributed by atoms with E-state index in [9.17, 15) is 71.1 Å². The highest BCUT2D eigenvalue weighted by atomic mass is 32.2. The Kier molecular flexibility index (Phi) is 12.5. The number of carbonyl (C=O) groups excluding carboxylic acids is 4. The van der Waals surface area contributed by atoms with Crippen molar-refractivity contribution < 1.29 is 71.1 Å². The molecule has 350 valence electrons. The van der Waals surface area contributed by atoms with Crippen LogP contribution in [0.1, 0.15) is 20.7 Å². The van der Waals surface area contributed by atoms with E-state index in [0.717, 1.165) is 36.4 Å². The lowest BCUT2D eigenvalue weighted by atomic mass is 9.89. The number of amides is 2. The summed E-state index contributed by atoms with van der Waals surface area (Å²) in [4.78, 5) is 49.1. The van der Waals surface area contributed by atoms with Crippen molar-refractivity contribution in [2.24, 2.45) is 0 Å². The molecule has 2 amide bonds. The molecule has 0 saturated carbocycles. The number of anilines is 4. The van der Waals surface area contributed by atoms with Crippen LogP contribution in [-0.4, -0.2) is 86.7 Å². The summed E-state index contributed by atoms with van der Waals surface area (Å²) in [6, 6.07) is 11.3. The van der Waals surface area contributed by atoms with Gasteiger partial charge in [0, 0.05) is 34.7 Å². The van der Waals surface area contributed by atoms with Gasteiger partial charge in [0.15, 0.2) is 11.6 Å². The van der Waals surface area contributed by atoms with Gasteiger partial charge in [-0.1, -0.05) is 12.2 Å². The number of fused-ring (bicyclic) bond motifs is 2. The first-order valence-corrected chi connectivity index (χ1v) is 24.4. The maximum atomic E-state index is 13.2. The van der Waals surface area contributed by atoms with E-state index in [1.807, 2.05) is 0 Å². The van der Waals surface area contributed by atoms with Crippen molar-refractivity contribution in [1.82, 2.24) is 10.9 Å². The van der Waals surface area contributed by atoms with E-state index in [0.29, 0.717) is 12.2 Å². The summed E-state index contributed by atoms with van der Waals surface area (Å²) >= 11 is 0. The molecule has 4 aliphatic rings. The van der Waals surface area contributed by atoms with Crippen molar-refractivity contribution >= 4 is 98.0 Å². The van der Waals surface area contributed by atoms with Gasteiger partial charge >= 0.3 is 0 Å². The number of hydrazine groups is 2. The van der Waals surface area contributed by atoms with Gasteiger partial charge in [0.25, 0.3) is 52.3 Å². The van der Waals surface area contributed by atoms with Gasteiger partial charge in [-0.15, -0.1) is 0 Å². The Bertz CT molecular complexity index is 3370. The molecule has 0 spiro atoms. The molecule has 0 aliphatic heterocycles. The standard InChI is InChI=1S/C40H30N8O16S4/c41-27-9-5-21-13-25(65(53,54)55)17-31(49)35(21)37(27)47-45-29-11-7-23(15-33(29)67(59,60)61)43-39(51)19-1-2-20(4-3-19)40(52)44-24-8-12-30(34(16-24)68(62,63)64)46-48-38-28(42)10-6-22-14-26(66(56,57)58)18-32(50)36(22)38/h1-18,41-42,45-48H,(H,43,51)(H,44,52)(H,53,54,55)(H,56,57,58)(H,59,60,61)(H,62,63,64).